The first-order valence-electron chi connectivity index (χ1n) is 5.46. The number of hydrogen-bond donors (Lipinski definition) is 1. The minimum atomic E-state index is 0.249. The fraction of sp³-hybridized carbons (Fsp3) is 0.385. The number of fused-ring (bicyclic) bond motifs is 1. The lowest BCUT2D eigenvalue weighted by Crippen LogP contribution is -2.10. The van der Waals surface area contributed by atoms with Crippen molar-refractivity contribution in [2.24, 2.45) is 5.41 Å². The maximum Gasteiger partial charge on any atom is 0.132 e. The molecule has 0 saturated heterocycles. The Hall–Kier alpha value is -1.64. The van der Waals surface area contributed by atoms with Crippen LogP contribution in [0.1, 0.15) is 26.5 Å². The van der Waals surface area contributed by atoms with Crippen molar-refractivity contribution in [3.63, 3.8) is 0 Å². The molecule has 0 radical (unpaired) electrons. The molecule has 2 aromatic heterocycles. The zero-order chi connectivity index (χ0) is 11.8. The fourth-order valence-electron chi connectivity index (χ4n) is 1.76. The van der Waals surface area contributed by atoms with Gasteiger partial charge in [0.15, 0.2) is 0 Å². The fourth-order valence-corrected chi connectivity index (χ4v) is 1.76. The predicted molar refractivity (Wildman–Crippen MR) is 67.1 cm³/mol. The Morgan fingerprint density at radius 1 is 1.19 bits per heavy atom. The number of aromatic nitrogens is 2. The van der Waals surface area contributed by atoms with E-state index in [2.05, 4.69) is 30.7 Å². The predicted octanol–water partition coefficient (Wildman–Crippen LogP) is 2.80. The van der Waals surface area contributed by atoms with Crippen LogP contribution in [0.2, 0.25) is 0 Å². The Labute approximate surface area is 95.7 Å². The molecule has 2 aromatic rings. The minimum Gasteiger partial charge on any atom is -0.383 e. The van der Waals surface area contributed by atoms with Gasteiger partial charge in [0.05, 0.1) is 5.52 Å². The van der Waals surface area contributed by atoms with Crippen molar-refractivity contribution in [2.45, 2.75) is 27.2 Å². The summed E-state index contributed by atoms with van der Waals surface area (Å²) in [4.78, 5) is 8.65. The Bertz CT molecular complexity index is 512. The topological polar surface area (TPSA) is 51.8 Å². The molecule has 0 aliphatic heterocycles. The van der Waals surface area contributed by atoms with Gasteiger partial charge >= 0.3 is 0 Å². The van der Waals surface area contributed by atoms with Crippen molar-refractivity contribution in [1.82, 2.24) is 9.97 Å². The molecule has 3 heteroatoms. The van der Waals surface area contributed by atoms with E-state index in [1.807, 2.05) is 18.2 Å². The highest BCUT2D eigenvalue weighted by atomic mass is 14.8. The third-order valence-electron chi connectivity index (χ3n) is 2.42. The molecular formula is C13H17N3. The molecule has 2 N–H and O–H groups in total. The molecule has 3 nitrogen and oxygen atoms in total. The van der Waals surface area contributed by atoms with Gasteiger partial charge in [-0.25, -0.2) is 4.98 Å². The molecule has 0 atom stereocenters. The third-order valence-corrected chi connectivity index (χ3v) is 2.42. The van der Waals surface area contributed by atoms with Gasteiger partial charge in [-0.15, -0.1) is 0 Å². The number of rotatable bonds is 1. The van der Waals surface area contributed by atoms with E-state index in [-0.39, 0.29) is 5.41 Å². The van der Waals surface area contributed by atoms with Crippen molar-refractivity contribution >= 4 is 16.7 Å². The highest BCUT2D eigenvalue weighted by Gasteiger charge is 2.12. The van der Waals surface area contributed by atoms with E-state index in [1.165, 1.54) is 0 Å². The van der Waals surface area contributed by atoms with E-state index in [1.54, 1.807) is 6.20 Å². The standard InChI is InChI=1S/C13H17N3/c1-13(2,3)8-9-4-5-10-11(16-9)6-7-15-12(10)14/h4-7H,8H2,1-3H3,(H2,14,15). The summed E-state index contributed by atoms with van der Waals surface area (Å²) < 4.78 is 0. The van der Waals surface area contributed by atoms with Gasteiger partial charge in [-0.3, -0.25) is 4.98 Å². The second-order valence-corrected chi connectivity index (χ2v) is 5.30. The van der Waals surface area contributed by atoms with Crippen molar-refractivity contribution in [1.29, 1.82) is 0 Å². The summed E-state index contributed by atoms with van der Waals surface area (Å²) in [5.41, 5.74) is 8.06. The van der Waals surface area contributed by atoms with Crippen LogP contribution in [0, 0.1) is 5.41 Å². The third kappa shape index (κ3) is 2.30. The molecule has 84 valence electrons. The summed E-state index contributed by atoms with van der Waals surface area (Å²) >= 11 is 0. The Balaban J connectivity index is 2.45. The molecule has 2 heterocycles. The molecule has 0 saturated carbocycles. The molecule has 0 spiro atoms. The van der Waals surface area contributed by atoms with Crippen LogP contribution >= 0.6 is 0 Å². The van der Waals surface area contributed by atoms with Gasteiger partial charge in [0.2, 0.25) is 0 Å². The van der Waals surface area contributed by atoms with Crippen LogP contribution in [0.3, 0.4) is 0 Å². The van der Waals surface area contributed by atoms with Crippen LogP contribution in [-0.2, 0) is 6.42 Å². The van der Waals surface area contributed by atoms with Gasteiger partial charge in [-0.2, -0.15) is 0 Å². The molecule has 0 unspecified atom stereocenters. The molecule has 0 aliphatic rings. The van der Waals surface area contributed by atoms with E-state index in [0.29, 0.717) is 5.82 Å². The van der Waals surface area contributed by atoms with E-state index in [9.17, 15) is 0 Å². The van der Waals surface area contributed by atoms with Gasteiger partial charge in [0, 0.05) is 17.3 Å². The number of nitrogens with two attached hydrogens (primary N) is 1. The van der Waals surface area contributed by atoms with Crippen molar-refractivity contribution in [2.75, 3.05) is 5.73 Å². The summed E-state index contributed by atoms with van der Waals surface area (Å²) in [6.07, 6.45) is 2.66. The number of nitrogens with zero attached hydrogens (tertiary/aromatic N) is 2. The van der Waals surface area contributed by atoms with E-state index >= 15 is 0 Å². The zero-order valence-electron chi connectivity index (χ0n) is 9.99. The Kier molecular flexibility index (Phi) is 2.54. The number of pyridine rings is 2. The number of anilines is 1. The second kappa shape index (κ2) is 3.74. The first-order valence-corrected chi connectivity index (χ1v) is 5.46. The minimum absolute atomic E-state index is 0.249. The van der Waals surface area contributed by atoms with E-state index < -0.39 is 0 Å². The molecule has 2 rings (SSSR count). The van der Waals surface area contributed by atoms with Crippen LogP contribution in [0.15, 0.2) is 24.4 Å². The average molecular weight is 215 g/mol. The molecule has 0 amide bonds. The Morgan fingerprint density at radius 2 is 1.94 bits per heavy atom. The van der Waals surface area contributed by atoms with Crippen LogP contribution in [-0.4, -0.2) is 9.97 Å². The summed E-state index contributed by atoms with van der Waals surface area (Å²) in [7, 11) is 0. The molecule has 0 fully saturated rings. The first-order chi connectivity index (χ1) is 7.46. The van der Waals surface area contributed by atoms with Crippen molar-refractivity contribution in [3.8, 4) is 0 Å². The van der Waals surface area contributed by atoms with Crippen molar-refractivity contribution < 1.29 is 0 Å². The summed E-state index contributed by atoms with van der Waals surface area (Å²) in [6.45, 7) is 6.62. The molecule has 16 heavy (non-hydrogen) atoms. The Morgan fingerprint density at radius 3 is 2.62 bits per heavy atom. The average Bonchev–Trinajstić information content (AvgIpc) is 2.15. The molecule has 0 aromatic carbocycles. The quantitative estimate of drug-likeness (QED) is 0.795. The molecular weight excluding hydrogens is 198 g/mol. The van der Waals surface area contributed by atoms with E-state index in [4.69, 9.17) is 5.73 Å². The van der Waals surface area contributed by atoms with Gasteiger partial charge in [-0.1, -0.05) is 20.8 Å². The summed E-state index contributed by atoms with van der Waals surface area (Å²) in [5, 5.41) is 0.931. The maximum atomic E-state index is 5.78. The smallest absolute Gasteiger partial charge is 0.132 e. The van der Waals surface area contributed by atoms with Gasteiger partial charge < -0.3 is 5.73 Å². The monoisotopic (exact) mass is 215 g/mol. The molecule has 0 aliphatic carbocycles. The van der Waals surface area contributed by atoms with Crippen molar-refractivity contribution in [3.05, 3.63) is 30.1 Å². The molecule has 0 bridgehead atoms. The number of hydrogen-bond acceptors (Lipinski definition) is 3. The summed E-state index contributed by atoms with van der Waals surface area (Å²) in [6, 6.07) is 5.94. The normalized spacial score (nSPS) is 11.9. The lowest BCUT2D eigenvalue weighted by molar-refractivity contribution is 0.407. The van der Waals surface area contributed by atoms with E-state index in [0.717, 1.165) is 23.0 Å². The van der Waals surface area contributed by atoms with Crippen LogP contribution in [0.4, 0.5) is 5.82 Å². The first kappa shape index (κ1) is 10.9. The lowest BCUT2D eigenvalue weighted by atomic mass is 9.90. The lowest BCUT2D eigenvalue weighted by Gasteiger charge is -2.17. The second-order valence-electron chi connectivity index (χ2n) is 5.30. The van der Waals surface area contributed by atoms with Gasteiger partial charge in [0.25, 0.3) is 0 Å². The van der Waals surface area contributed by atoms with Crippen LogP contribution in [0.5, 0.6) is 0 Å². The largest absolute Gasteiger partial charge is 0.383 e. The highest BCUT2D eigenvalue weighted by molar-refractivity contribution is 5.87. The zero-order valence-corrected chi connectivity index (χ0v) is 9.99. The summed E-state index contributed by atoms with van der Waals surface area (Å²) in [5.74, 6) is 0.548. The SMILES string of the molecule is CC(C)(C)Cc1ccc2c(N)nccc2n1. The highest BCUT2D eigenvalue weighted by Crippen LogP contribution is 2.22. The van der Waals surface area contributed by atoms with Gasteiger partial charge in [-0.05, 0) is 30.0 Å². The van der Waals surface area contributed by atoms with Crippen LogP contribution < -0.4 is 5.73 Å². The number of nitrogen functional groups attached to an aromatic ring is 1. The maximum absolute atomic E-state index is 5.78. The van der Waals surface area contributed by atoms with Gasteiger partial charge in [0.1, 0.15) is 5.82 Å². The van der Waals surface area contributed by atoms with Crippen LogP contribution in [0.25, 0.3) is 10.9 Å².